The summed E-state index contributed by atoms with van der Waals surface area (Å²) in [6, 6.07) is 5.68. The summed E-state index contributed by atoms with van der Waals surface area (Å²) in [5.74, 6) is -0.118. The lowest BCUT2D eigenvalue weighted by atomic mass is 10.3. The Labute approximate surface area is 93.9 Å². The maximum absolute atomic E-state index is 11.6. The second-order valence-corrected chi connectivity index (χ2v) is 3.72. The third-order valence-electron chi connectivity index (χ3n) is 2.69. The van der Waals surface area contributed by atoms with Crippen molar-refractivity contribution >= 4 is 5.91 Å². The molecule has 4 nitrogen and oxygen atoms in total. The van der Waals surface area contributed by atoms with Crippen molar-refractivity contribution in [3.8, 4) is 0 Å². The van der Waals surface area contributed by atoms with Crippen molar-refractivity contribution in [2.45, 2.75) is 13.5 Å². The van der Waals surface area contributed by atoms with Gasteiger partial charge in [-0.1, -0.05) is 0 Å². The van der Waals surface area contributed by atoms with E-state index in [-0.39, 0.29) is 5.91 Å². The van der Waals surface area contributed by atoms with Crippen LogP contribution in [0.15, 0.2) is 35.1 Å². The number of aromatic nitrogens is 1. The molecule has 0 saturated carbocycles. The second kappa shape index (κ2) is 4.26. The molecule has 0 aliphatic carbocycles. The number of furan rings is 1. The van der Waals surface area contributed by atoms with Crippen LogP contribution in [-0.2, 0) is 13.6 Å². The third kappa shape index (κ3) is 2.00. The van der Waals surface area contributed by atoms with Crippen LogP contribution in [0.2, 0.25) is 0 Å². The molecule has 0 atom stereocenters. The first-order valence-electron chi connectivity index (χ1n) is 5.10. The minimum Gasteiger partial charge on any atom is -0.472 e. The molecule has 0 aromatic carbocycles. The fraction of sp³-hybridized carbons (Fsp3) is 0.250. The predicted molar refractivity (Wildman–Crippen MR) is 60.0 cm³/mol. The van der Waals surface area contributed by atoms with Gasteiger partial charge in [-0.15, -0.1) is 0 Å². The van der Waals surface area contributed by atoms with E-state index in [0.29, 0.717) is 12.1 Å². The summed E-state index contributed by atoms with van der Waals surface area (Å²) in [6.45, 7) is 2.55. The average Bonchev–Trinajstić information content (AvgIpc) is 2.89. The summed E-state index contributed by atoms with van der Waals surface area (Å²) < 4.78 is 6.90. The van der Waals surface area contributed by atoms with Gasteiger partial charge in [-0.25, -0.2) is 0 Å². The smallest absolute Gasteiger partial charge is 0.254 e. The largest absolute Gasteiger partial charge is 0.472 e. The number of aryl methyl sites for hydroxylation is 1. The molecular weight excluding hydrogens is 204 g/mol. The van der Waals surface area contributed by atoms with Crippen LogP contribution in [0.4, 0.5) is 0 Å². The number of carbonyl (C=O) groups is 1. The molecule has 1 amide bonds. The van der Waals surface area contributed by atoms with Gasteiger partial charge in [0.15, 0.2) is 0 Å². The van der Waals surface area contributed by atoms with Crippen molar-refractivity contribution in [2.24, 2.45) is 7.05 Å². The van der Waals surface area contributed by atoms with Crippen LogP contribution >= 0.6 is 0 Å². The summed E-state index contributed by atoms with van der Waals surface area (Å²) in [7, 11) is 1.98. The Morgan fingerprint density at radius 1 is 1.44 bits per heavy atom. The highest BCUT2D eigenvalue weighted by Crippen LogP contribution is 2.06. The van der Waals surface area contributed by atoms with Crippen molar-refractivity contribution in [3.63, 3.8) is 0 Å². The van der Waals surface area contributed by atoms with Crippen LogP contribution in [0.25, 0.3) is 0 Å². The van der Waals surface area contributed by atoms with E-state index < -0.39 is 0 Å². The van der Waals surface area contributed by atoms with Gasteiger partial charge in [0.25, 0.3) is 5.91 Å². The number of hydrogen-bond donors (Lipinski definition) is 1. The second-order valence-electron chi connectivity index (χ2n) is 3.72. The molecule has 84 valence electrons. The normalized spacial score (nSPS) is 10.4. The molecule has 0 saturated heterocycles. The minimum absolute atomic E-state index is 0.118. The molecular formula is C12H14N2O2. The molecule has 2 heterocycles. The molecule has 0 aliphatic heterocycles. The first kappa shape index (κ1) is 10.5. The first-order valence-corrected chi connectivity index (χ1v) is 5.10. The Kier molecular flexibility index (Phi) is 2.81. The predicted octanol–water partition coefficient (Wildman–Crippen LogP) is 1.86. The van der Waals surface area contributed by atoms with Crippen LogP contribution in [0.3, 0.4) is 0 Å². The molecule has 0 bridgehead atoms. The highest BCUT2D eigenvalue weighted by Gasteiger charge is 2.07. The van der Waals surface area contributed by atoms with Crippen LogP contribution in [0.1, 0.15) is 21.7 Å². The molecule has 2 aromatic heterocycles. The number of amides is 1. The van der Waals surface area contributed by atoms with Gasteiger partial charge >= 0.3 is 0 Å². The van der Waals surface area contributed by atoms with Gasteiger partial charge in [-0.05, 0) is 25.1 Å². The monoisotopic (exact) mass is 218 g/mol. The van der Waals surface area contributed by atoms with Gasteiger partial charge in [-0.2, -0.15) is 0 Å². The lowest BCUT2D eigenvalue weighted by Crippen LogP contribution is -2.23. The van der Waals surface area contributed by atoms with Gasteiger partial charge in [0.1, 0.15) is 6.26 Å². The van der Waals surface area contributed by atoms with E-state index in [1.54, 1.807) is 6.07 Å². The highest BCUT2D eigenvalue weighted by molar-refractivity contribution is 5.93. The molecule has 0 unspecified atom stereocenters. The van der Waals surface area contributed by atoms with Crippen molar-refractivity contribution in [2.75, 3.05) is 0 Å². The molecule has 4 heteroatoms. The minimum atomic E-state index is -0.118. The van der Waals surface area contributed by atoms with Gasteiger partial charge in [0.2, 0.25) is 0 Å². The Morgan fingerprint density at radius 2 is 2.25 bits per heavy atom. The fourth-order valence-electron chi connectivity index (χ4n) is 1.51. The summed E-state index contributed by atoms with van der Waals surface area (Å²) in [4.78, 5) is 11.6. The molecule has 0 aliphatic rings. The quantitative estimate of drug-likeness (QED) is 0.854. The number of hydrogen-bond acceptors (Lipinski definition) is 2. The Bertz CT molecular complexity index is 483. The van der Waals surface area contributed by atoms with Crippen molar-refractivity contribution in [1.29, 1.82) is 0 Å². The number of nitrogens with one attached hydrogen (secondary N) is 1. The Balaban J connectivity index is 1.98. The lowest BCUT2D eigenvalue weighted by Gasteiger charge is -2.06. The fourth-order valence-corrected chi connectivity index (χ4v) is 1.51. The number of nitrogens with zero attached hydrogens (tertiary/aromatic N) is 1. The van der Waals surface area contributed by atoms with Crippen molar-refractivity contribution in [3.05, 3.63) is 47.7 Å². The average molecular weight is 218 g/mol. The summed E-state index contributed by atoms with van der Waals surface area (Å²) in [6.07, 6.45) is 2.92. The van der Waals surface area contributed by atoms with Gasteiger partial charge in [0, 0.05) is 18.4 Å². The Hall–Kier alpha value is -1.97. The van der Waals surface area contributed by atoms with Gasteiger partial charge in [0.05, 0.1) is 18.4 Å². The highest BCUT2D eigenvalue weighted by atomic mass is 16.3. The molecule has 0 spiro atoms. The standard InChI is InChI=1S/C12H14N2O2/c1-9-3-4-11(14(9)2)7-13-12(15)10-5-6-16-8-10/h3-6,8H,7H2,1-2H3,(H,13,15). The van der Waals surface area contributed by atoms with Gasteiger partial charge in [-0.3, -0.25) is 4.79 Å². The molecule has 0 radical (unpaired) electrons. The summed E-state index contributed by atoms with van der Waals surface area (Å²) in [5, 5.41) is 2.84. The van der Waals surface area contributed by atoms with E-state index in [1.807, 2.05) is 26.1 Å². The summed E-state index contributed by atoms with van der Waals surface area (Å²) >= 11 is 0. The van der Waals surface area contributed by atoms with E-state index in [2.05, 4.69) is 9.88 Å². The van der Waals surface area contributed by atoms with Crippen LogP contribution in [0.5, 0.6) is 0 Å². The van der Waals surface area contributed by atoms with Gasteiger partial charge < -0.3 is 14.3 Å². The molecule has 1 N–H and O–H groups in total. The van der Waals surface area contributed by atoms with E-state index in [4.69, 9.17) is 4.42 Å². The van der Waals surface area contributed by atoms with Crippen molar-refractivity contribution in [1.82, 2.24) is 9.88 Å². The third-order valence-corrected chi connectivity index (χ3v) is 2.69. The van der Waals surface area contributed by atoms with Crippen LogP contribution < -0.4 is 5.32 Å². The zero-order valence-electron chi connectivity index (χ0n) is 9.36. The Morgan fingerprint density at radius 3 is 2.81 bits per heavy atom. The SMILES string of the molecule is Cc1ccc(CNC(=O)c2ccoc2)n1C. The topological polar surface area (TPSA) is 47.2 Å². The maximum Gasteiger partial charge on any atom is 0.254 e. The molecule has 2 rings (SSSR count). The van der Waals surface area contributed by atoms with Crippen molar-refractivity contribution < 1.29 is 9.21 Å². The maximum atomic E-state index is 11.6. The molecule has 0 fully saturated rings. The number of carbonyl (C=O) groups excluding carboxylic acids is 1. The van der Waals surface area contributed by atoms with E-state index >= 15 is 0 Å². The zero-order chi connectivity index (χ0) is 11.5. The van der Waals surface area contributed by atoms with Crippen LogP contribution in [-0.4, -0.2) is 10.5 Å². The van der Waals surface area contributed by atoms with E-state index in [0.717, 1.165) is 5.69 Å². The van der Waals surface area contributed by atoms with E-state index in [9.17, 15) is 4.79 Å². The summed E-state index contributed by atoms with van der Waals surface area (Å²) in [5.41, 5.74) is 2.80. The van der Waals surface area contributed by atoms with E-state index in [1.165, 1.54) is 18.2 Å². The molecule has 2 aromatic rings. The zero-order valence-corrected chi connectivity index (χ0v) is 9.36. The number of rotatable bonds is 3. The molecule has 16 heavy (non-hydrogen) atoms. The first-order chi connectivity index (χ1) is 7.68. The lowest BCUT2D eigenvalue weighted by molar-refractivity contribution is 0.0949. The van der Waals surface area contributed by atoms with Crippen LogP contribution in [0, 0.1) is 6.92 Å².